The molecule has 9 heteroatoms. The zero-order valence-corrected chi connectivity index (χ0v) is 20.2. The number of nitrogens with zero attached hydrogens (tertiary/aromatic N) is 2. The molecule has 4 aromatic carbocycles. The third-order valence-corrected chi connectivity index (χ3v) is 6.18. The minimum Gasteiger partial charge on any atom is -0.449 e. The number of carboxylic acid groups (broad SMARTS) is 1. The van der Waals surface area contributed by atoms with Crippen molar-refractivity contribution in [2.75, 3.05) is 0 Å². The van der Waals surface area contributed by atoms with Gasteiger partial charge in [-0.2, -0.15) is 0 Å². The highest BCUT2D eigenvalue weighted by Crippen LogP contribution is 2.43. The summed E-state index contributed by atoms with van der Waals surface area (Å²) in [6, 6.07) is 33.8. The van der Waals surface area contributed by atoms with Gasteiger partial charge in [0.25, 0.3) is 5.88 Å². The molecule has 0 saturated heterocycles. The molecule has 0 fully saturated rings. The molecule has 0 aliphatic rings. The van der Waals surface area contributed by atoms with Crippen molar-refractivity contribution >= 4 is 6.16 Å². The Morgan fingerprint density at radius 1 is 0.718 bits per heavy atom. The maximum Gasteiger partial charge on any atom is 0.573 e. The summed E-state index contributed by atoms with van der Waals surface area (Å²) in [5.41, 5.74) is 2.11. The zero-order chi connectivity index (χ0) is 27.5. The van der Waals surface area contributed by atoms with Crippen LogP contribution in [0.2, 0.25) is 0 Å². The van der Waals surface area contributed by atoms with Gasteiger partial charge >= 0.3 is 12.5 Å². The van der Waals surface area contributed by atoms with Crippen molar-refractivity contribution in [3.8, 4) is 22.8 Å². The number of halogens is 3. The molecule has 196 valence electrons. The van der Waals surface area contributed by atoms with Crippen molar-refractivity contribution in [1.82, 2.24) is 9.78 Å². The van der Waals surface area contributed by atoms with Crippen LogP contribution in [0.15, 0.2) is 121 Å². The van der Waals surface area contributed by atoms with E-state index in [4.69, 9.17) is 4.74 Å². The number of ether oxygens (including phenoxy) is 2. The number of benzene rings is 4. The van der Waals surface area contributed by atoms with Gasteiger partial charge in [-0.3, -0.25) is 0 Å². The molecule has 1 heterocycles. The van der Waals surface area contributed by atoms with Crippen molar-refractivity contribution in [3.63, 3.8) is 0 Å². The van der Waals surface area contributed by atoms with Gasteiger partial charge in [0.1, 0.15) is 11.3 Å². The van der Waals surface area contributed by atoms with Crippen LogP contribution in [0.4, 0.5) is 18.0 Å². The molecule has 0 unspecified atom stereocenters. The Balaban J connectivity index is 1.76. The van der Waals surface area contributed by atoms with E-state index in [1.807, 2.05) is 91.0 Å². The van der Waals surface area contributed by atoms with Gasteiger partial charge in [0.2, 0.25) is 0 Å². The Morgan fingerprint density at radius 3 is 1.59 bits per heavy atom. The van der Waals surface area contributed by atoms with Crippen LogP contribution in [0.3, 0.4) is 0 Å². The van der Waals surface area contributed by atoms with Gasteiger partial charge in [0.05, 0.1) is 5.56 Å². The van der Waals surface area contributed by atoms with Crippen LogP contribution in [-0.4, -0.2) is 27.4 Å². The highest BCUT2D eigenvalue weighted by atomic mass is 19.4. The monoisotopic (exact) mass is 530 g/mol. The Bertz CT molecular complexity index is 1460. The third-order valence-electron chi connectivity index (χ3n) is 6.18. The summed E-state index contributed by atoms with van der Waals surface area (Å²) in [5, 5.41) is 14.1. The molecular formula is C30H21F3N2O4. The fraction of sp³-hybridized carbons (Fsp3) is 0.0667. The summed E-state index contributed by atoms with van der Waals surface area (Å²) < 4.78 is 48.7. The number of hydrogen-bond donors (Lipinski definition) is 1. The Labute approximate surface area is 221 Å². The van der Waals surface area contributed by atoms with Crippen LogP contribution in [0.25, 0.3) is 11.1 Å². The Morgan fingerprint density at radius 2 is 1.18 bits per heavy atom. The van der Waals surface area contributed by atoms with E-state index in [2.05, 4.69) is 9.84 Å². The molecule has 5 aromatic rings. The Hall–Kier alpha value is -5.05. The minimum atomic E-state index is -4.84. The zero-order valence-electron chi connectivity index (χ0n) is 20.2. The molecule has 0 bridgehead atoms. The average Bonchev–Trinajstić information content (AvgIpc) is 3.33. The van der Waals surface area contributed by atoms with Crippen LogP contribution >= 0.6 is 0 Å². The van der Waals surface area contributed by atoms with Crippen molar-refractivity contribution in [2.45, 2.75) is 11.9 Å². The predicted octanol–water partition coefficient (Wildman–Crippen LogP) is 7.35. The van der Waals surface area contributed by atoms with E-state index in [1.54, 1.807) is 10.9 Å². The largest absolute Gasteiger partial charge is 0.573 e. The molecule has 5 rings (SSSR count). The van der Waals surface area contributed by atoms with E-state index in [0.717, 1.165) is 28.8 Å². The topological polar surface area (TPSA) is 73.6 Å². The molecule has 0 aliphatic carbocycles. The fourth-order valence-corrected chi connectivity index (χ4v) is 4.66. The van der Waals surface area contributed by atoms with Gasteiger partial charge in [-0.1, -0.05) is 103 Å². The second-order valence-corrected chi connectivity index (χ2v) is 8.54. The van der Waals surface area contributed by atoms with Crippen molar-refractivity contribution in [2.24, 2.45) is 0 Å². The summed E-state index contributed by atoms with van der Waals surface area (Å²) in [6.07, 6.45) is -4.79. The molecule has 0 atom stereocenters. The molecule has 0 aliphatic heterocycles. The van der Waals surface area contributed by atoms with Gasteiger partial charge in [-0.25, -0.2) is 9.48 Å². The van der Waals surface area contributed by atoms with Crippen LogP contribution in [0.1, 0.15) is 16.7 Å². The lowest BCUT2D eigenvalue weighted by Crippen LogP contribution is -2.38. The van der Waals surface area contributed by atoms with Crippen molar-refractivity contribution in [3.05, 3.63) is 138 Å². The van der Waals surface area contributed by atoms with Gasteiger partial charge in [0.15, 0.2) is 0 Å². The molecule has 0 radical (unpaired) electrons. The first-order chi connectivity index (χ1) is 18.8. The molecule has 39 heavy (non-hydrogen) atoms. The third kappa shape index (κ3) is 5.19. The Kier molecular flexibility index (Phi) is 6.81. The lowest BCUT2D eigenvalue weighted by Gasteiger charge is -2.36. The van der Waals surface area contributed by atoms with Crippen molar-refractivity contribution in [1.29, 1.82) is 0 Å². The van der Waals surface area contributed by atoms with Gasteiger partial charge in [-0.05, 0) is 34.4 Å². The molecule has 6 nitrogen and oxygen atoms in total. The lowest BCUT2D eigenvalue weighted by molar-refractivity contribution is -0.274. The summed E-state index contributed by atoms with van der Waals surface area (Å²) in [7, 11) is 0. The summed E-state index contributed by atoms with van der Waals surface area (Å²) in [6.45, 7) is 0. The summed E-state index contributed by atoms with van der Waals surface area (Å²) in [5.74, 6) is -0.634. The van der Waals surface area contributed by atoms with E-state index in [0.29, 0.717) is 5.56 Å². The maximum atomic E-state index is 12.7. The van der Waals surface area contributed by atoms with E-state index >= 15 is 0 Å². The van der Waals surface area contributed by atoms with Crippen molar-refractivity contribution < 1.29 is 32.5 Å². The normalized spacial score (nSPS) is 11.7. The SMILES string of the molecule is O=C(O)Oc1nn(C(c2ccccc2)(c2ccccc2)c2ccccc2)cc1-c1ccc(OC(F)(F)F)cc1. The molecule has 1 aromatic heterocycles. The van der Waals surface area contributed by atoms with Crippen LogP contribution in [-0.2, 0) is 5.54 Å². The molecule has 1 N–H and O–H groups in total. The molecule has 0 saturated carbocycles. The van der Waals surface area contributed by atoms with Gasteiger partial charge < -0.3 is 14.6 Å². The van der Waals surface area contributed by atoms with Crippen LogP contribution in [0.5, 0.6) is 11.6 Å². The number of hydrogen-bond acceptors (Lipinski definition) is 4. The molecule has 0 spiro atoms. The minimum absolute atomic E-state index is 0.223. The van der Waals surface area contributed by atoms with E-state index in [9.17, 15) is 23.1 Å². The van der Waals surface area contributed by atoms with Crippen LogP contribution in [0, 0.1) is 0 Å². The van der Waals surface area contributed by atoms with Gasteiger partial charge in [-0.15, -0.1) is 18.3 Å². The molecular weight excluding hydrogens is 509 g/mol. The smallest absolute Gasteiger partial charge is 0.449 e. The first-order valence-electron chi connectivity index (χ1n) is 11.8. The fourth-order valence-electron chi connectivity index (χ4n) is 4.66. The first kappa shape index (κ1) is 25.6. The second-order valence-electron chi connectivity index (χ2n) is 8.54. The number of carbonyl (C=O) groups is 1. The number of alkyl halides is 3. The molecule has 0 amide bonds. The predicted molar refractivity (Wildman–Crippen MR) is 138 cm³/mol. The quantitative estimate of drug-likeness (QED) is 0.176. The highest BCUT2D eigenvalue weighted by Gasteiger charge is 2.40. The summed E-state index contributed by atoms with van der Waals surface area (Å²) in [4.78, 5) is 11.6. The number of aromatic nitrogens is 2. The lowest BCUT2D eigenvalue weighted by atomic mass is 9.77. The first-order valence-corrected chi connectivity index (χ1v) is 11.8. The van der Waals surface area contributed by atoms with Gasteiger partial charge in [0, 0.05) is 6.20 Å². The van der Waals surface area contributed by atoms with E-state index < -0.39 is 23.8 Å². The van der Waals surface area contributed by atoms with E-state index in [1.165, 1.54) is 12.1 Å². The highest BCUT2D eigenvalue weighted by molar-refractivity contribution is 5.73. The van der Waals surface area contributed by atoms with Crippen LogP contribution < -0.4 is 9.47 Å². The summed E-state index contributed by atoms with van der Waals surface area (Å²) >= 11 is 0. The number of rotatable bonds is 7. The standard InChI is InChI=1S/C30H21F3N2O4/c31-30(32,33)39-25-18-16-21(17-19-25)26-20-35(34-27(26)38-28(36)37)29(22-10-4-1-5-11-22,23-12-6-2-7-13-23)24-14-8-3-9-15-24/h1-20H,(H,36,37). The van der Waals surface area contributed by atoms with E-state index in [-0.39, 0.29) is 11.4 Å². The average molecular weight is 531 g/mol. The second kappa shape index (κ2) is 10.4. The maximum absolute atomic E-state index is 12.7.